The van der Waals surface area contributed by atoms with Crippen molar-refractivity contribution in [2.45, 2.75) is 39.7 Å². The van der Waals surface area contributed by atoms with E-state index < -0.39 is 6.04 Å². The van der Waals surface area contributed by atoms with Gasteiger partial charge >= 0.3 is 0 Å². The topological polar surface area (TPSA) is 66.9 Å². The van der Waals surface area contributed by atoms with Crippen molar-refractivity contribution < 1.29 is 19.1 Å². The summed E-state index contributed by atoms with van der Waals surface area (Å²) in [5.74, 6) is 0.586. The minimum Gasteiger partial charge on any atom is -0.482 e. The zero-order chi connectivity index (χ0) is 18.1. The number of amides is 2. The van der Waals surface area contributed by atoms with E-state index in [1.54, 1.807) is 25.1 Å². The quantitative estimate of drug-likeness (QED) is 0.789. The molecule has 25 heavy (non-hydrogen) atoms. The van der Waals surface area contributed by atoms with E-state index in [9.17, 15) is 14.4 Å². The van der Waals surface area contributed by atoms with Gasteiger partial charge in [-0.15, -0.1) is 0 Å². The van der Waals surface area contributed by atoms with Gasteiger partial charge in [-0.2, -0.15) is 0 Å². The minimum absolute atomic E-state index is 0.0546. The Balaban J connectivity index is 1.90. The van der Waals surface area contributed by atoms with E-state index in [1.165, 1.54) is 11.8 Å². The van der Waals surface area contributed by atoms with Gasteiger partial charge in [0.15, 0.2) is 12.4 Å². The summed E-state index contributed by atoms with van der Waals surface area (Å²) in [7, 11) is 0. The first-order valence-electron chi connectivity index (χ1n) is 8.77. The summed E-state index contributed by atoms with van der Waals surface area (Å²) in [5, 5.41) is 0. The van der Waals surface area contributed by atoms with Crippen molar-refractivity contribution in [2.24, 2.45) is 5.92 Å². The fourth-order valence-corrected chi connectivity index (χ4v) is 3.58. The highest BCUT2D eigenvalue weighted by Gasteiger charge is 2.36. The summed E-state index contributed by atoms with van der Waals surface area (Å²) in [5.41, 5.74) is 0.989. The molecule has 1 saturated heterocycles. The molecular weight excluding hydrogens is 320 g/mol. The Morgan fingerprint density at radius 3 is 2.76 bits per heavy atom. The second kappa shape index (κ2) is 6.86. The minimum atomic E-state index is -0.623. The maximum atomic E-state index is 12.9. The van der Waals surface area contributed by atoms with E-state index in [2.05, 4.69) is 6.92 Å². The second-order valence-electron chi connectivity index (χ2n) is 7.00. The third-order valence-electron chi connectivity index (χ3n) is 4.96. The van der Waals surface area contributed by atoms with Gasteiger partial charge in [0.2, 0.25) is 5.91 Å². The Morgan fingerprint density at radius 2 is 2.08 bits per heavy atom. The van der Waals surface area contributed by atoms with Crippen molar-refractivity contribution in [3.63, 3.8) is 0 Å². The summed E-state index contributed by atoms with van der Waals surface area (Å²) in [6, 6.07) is 4.37. The molecule has 0 spiro atoms. The number of hydrogen-bond donors (Lipinski definition) is 0. The van der Waals surface area contributed by atoms with Crippen molar-refractivity contribution in [2.75, 3.05) is 24.6 Å². The molecule has 3 rings (SSSR count). The molecule has 2 unspecified atom stereocenters. The number of nitrogens with zero attached hydrogens (tertiary/aromatic N) is 2. The first-order chi connectivity index (χ1) is 11.9. The molecule has 2 aliphatic heterocycles. The number of ketones is 1. The monoisotopic (exact) mass is 344 g/mol. The van der Waals surface area contributed by atoms with Crippen LogP contribution < -0.4 is 9.64 Å². The van der Waals surface area contributed by atoms with Crippen LogP contribution in [-0.4, -0.2) is 48.2 Å². The maximum absolute atomic E-state index is 12.9. The molecule has 2 atom stereocenters. The lowest BCUT2D eigenvalue weighted by molar-refractivity contribution is -0.136. The standard InChI is InChI=1S/C19H24N2O4/c1-12-5-4-8-20(10-12)19(24)13(2)21-16-9-15(14(3)22)6-7-17(16)25-11-18(21)23/h6-7,9,12-13H,4-5,8,10-11H2,1-3H3. The average Bonchev–Trinajstić information content (AvgIpc) is 2.59. The SMILES string of the molecule is CC(=O)c1ccc2c(c1)N(C(C)C(=O)N1CCCC(C)C1)C(=O)CO2. The van der Waals surface area contributed by atoms with Crippen LogP contribution in [0.1, 0.15) is 44.0 Å². The third kappa shape index (κ3) is 3.38. The van der Waals surface area contributed by atoms with Crippen LogP contribution in [0.2, 0.25) is 0 Å². The molecule has 2 heterocycles. The summed E-state index contributed by atoms with van der Waals surface area (Å²) < 4.78 is 5.47. The van der Waals surface area contributed by atoms with Gasteiger partial charge in [-0.25, -0.2) is 0 Å². The predicted molar refractivity (Wildman–Crippen MR) is 93.9 cm³/mol. The molecule has 2 aliphatic rings. The fraction of sp³-hybridized carbons (Fsp3) is 0.526. The number of carbonyl (C=O) groups excluding carboxylic acids is 3. The first-order valence-corrected chi connectivity index (χ1v) is 8.77. The van der Waals surface area contributed by atoms with Crippen molar-refractivity contribution in [3.05, 3.63) is 23.8 Å². The Morgan fingerprint density at radius 1 is 1.32 bits per heavy atom. The molecule has 0 N–H and O–H groups in total. The molecule has 1 aromatic carbocycles. The van der Waals surface area contributed by atoms with Crippen molar-refractivity contribution in [1.29, 1.82) is 0 Å². The van der Waals surface area contributed by atoms with Gasteiger partial charge in [0, 0.05) is 18.7 Å². The number of piperidine rings is 1. The molecule has 0 aliphatic carbocycles. The summed E-state index contributed by atoms with van der Waals surface area (Å²) in [6.45, 7) is 6.71. The van der Waals surface area contributed by atoms with Crippen LogP contribution in [0.3, 0.4) is 0 Å². The van der Waals surface area contributed by atoms with Crippen LogP contribution in [0.15, 0.2) is 18.2 Å². The van der Waals surface area contributed by atoms with Gasteiger partial charge in [-0.3, -0.25) is 19.3 Å². The van der Waals surface area contributed by atoms with Crippen LogP contribution >= 0.6 is 0 Å². The van der Waals surface area contributed by atoms with Crippen LogP contribution in [-0.2, 0) is 9.59 Å². The average molecular weight is 344 g/mol. The highest BCUT2D eigenvalue weighted by atomic mass is 16.5. The number of anilines is 1. The predicted octanol–water partition coefficient (Wildman–Crippen LogP) is 2.26. The normalized spacial score (nSPS) is 21.4. The van der Waals surface area contributed by atoms with E-state index in [0.29, 0.717) is 22.9 Å². The molecule has 134 valence electrons. The lowest BCUT2D eigenvalue weighted by Crippen LogP contribution is -2.54. The summed E-state index contributed by atoms with van der Waals surface area (Å²) in [4.78, 5) is 40.4. The van der Waals surface area contributed by atoms with Crippen molar-refractivity contribution in [3.8, 4) is 5.75 Å². The van der Waals surface area contributed by atoms with Crippen LogP contribution in [0, 0.1) is 5.92 Å². The van der Waals surface area contributed by atoms with Gasteiger partial charge in [0.1, 0.15) is 11.8 Å². The highest BCUT2D eigenvalue weighted by molar-refractivity contribution is 6.05. The maximum Gasteiger partial charge on any atom is 0.265 e. The van der Waals surface area contributed by atoms with Gasteiger partial charge in [0.25, 0.3) is 5.91 Å². The smallest absolute Gasteiger partial charge is 0.265 e. The fourth-order valence-electron chi connectivity index (χ4n) is 3.58. The van der Waals surface area contributed by atoms with E-state index in [4.69, 9.17) is 4.74 Å². The van der Waals surface area contributed by atoms with Crippen LogP contribution in [0.5, 0.6) is 5.75 Å². The zero-order valence-corrected chi connectivity index (χ0v) is 14.9. The summed E-state index contributed by atoms with van der Waals surface area (Å²) in [6.07, 6.45) is 2.11. The molecule has 0 radical (unpaired) electrons. The largest absolute Gasteiger partial charge is 0.482 e. The zero-order valence-electron chi connectivity index (χ0n) is 14.9. The highest BCUT2D eigenvalue weighted by Crippen LogP contribution is 2.35. The molecule has 0 bridgehead atoms. The Hall–Kier alpha value is -2.37. The van der Waals surface area contributed by atoms with E-state index >= 15 is 0 Å². The van der Waals surface area contributed by atoms with Gasteiger partial charge in [-0.05, 0) is 50.8 Å². The molecule has 2 amide bonds. The van der Waals surface area contributed by atoms with Gasteiger partial charge < -0.3 is 9.64 Å². The Labute approximate surface area is 147 Å². The van der Waals surface area contributed by atoms with Gasteiger partial charge in [-0.1, -0.05) is 6.92 Å². The lowest BCUT2D eigenvalue weighted by Gasteiger charge is -2.38. The Kier molecular flexibility index (Phi) is 4.79. The molecular formula is C19H24N2O4. The van der Waals surface area contributed by atoms with E-state index in [-0.39, 0.29) is 24.2 Å². The summed E-state index contributed by atoms with van der Waals surface area (Å²) >= 11 is 0. The number of likely N-dealkylation sites (tertiary alicyclic amines) is 1. The number of carbonyl (C=O) groups is 3. The number of fused-ring (bicyclic) bond motifs is 1. The number of hydrogen-bond acceptors (Lipinski definition) is 4. The lowest BCUT2D eigenvalue weighted by atomic mass is 9.99. The van der Waals surface area contributed by atoms with Gasteiger partial charge in [0.05, 0.1) is 5.69 Å². The second-order valence-corrected chi connectivity index (χ2v) is 7.00. The molecule has 6 nitrogen and oxygen atoms in total. The van der Waals surface area contributed by atoms with Crippen LogP contribution in [0.4, 0.5) is 5.69 Å². The number of ether oxygens (including phenoxy) is 1. The Bertz CT molecular complexity index is 715. The number of rotatable bonds is 3. The van der Waals surface area contributed by atoms with Crippen LogP contribution in [0.25, 0.3) is 0 Å². The third-order valence-corrected chi connectivity index (χ3v) is 4.96. The number of Topliss-reactive ketones (excluding diaryl/α,β-unsaturated/α-hetero) is 1. The van der Waals surface area contributed by atoms with E-state index in [0.717, 1.165) is 25.9 Å². The molecule has 1 fully saturated rings. The number of benzene rings is 1. The molecule has 0 aromatic heterocycles. The molecule has 1 aromatic rings. The molecule has 0 saturated carbocycles. The van der Waals surface area contributed by atoms with E-state index in [1.807, 2.05) is 4.90 Å². The van der Waals surface area contributed by atoms with Crippen molar-refractivity contribution >= 4 is 23.3 Å². The molecule has 6 heteroatoms. The van der Waals surface area contributed by atoms with Crippen molar-refractivity contribution in [1.82, 2.24) is 4.90 Å². The first kappa shape index (κ1) is 17.5.